The summed E-state index contributed by atoms with van der Waals surface area (Å²) in [5.74, 6) is -0.755. The number of aromatic amines is 1. The Balaban J connectivity index is 1.37. The highest BCUT2D eigenvalue weighted by molar-refractivity contribution is 6.04. The lowest BCUT2D eigenvalue weighted by Crippen LogP contribution is -2.56. The molecular formula is C28H32N4O4. The van der Waals surface area contributed by atoms with E-state index < -0.39 is 12.1 Å². The molecule has 2 aliphatic heterocycles. The Morgan fingerprint density at radius 3 is 2.67 bits per heavy atom. The lowest BCUT2D eigenvalue weighted by Gasteiger charge is -2.37. The fourth-order valence-corrected chi connectivity index (χ4v) is 5.27. The summed E-state index contributed by atoms with van der Waals surface area (Å²) in [5, 5.41) is 6.76. The number of H-pyrrole nitrogens is 1. The van der Waals surface area contributed by atoms with Gasteiger partial charge in [-0.25, -0.2) is 0 Å². The summed E-state index contributed by atoms with van der Waals surface area (Å²) in [6, 6.07) is 13.7. The predicted octanol–water partition coefficient (Wildman–Crippen LogP) is 3.07. The maximum atomic E-state index is 13.6. The standard InChI is InChI=1S/C28H32N4O4/c1-16(2)36-14-8-13-29-26(33)17(3)30-27(34)23-15-21-18-9-6-7-12-22(18)31-24(21)25-19-10-4-5-11-20(19)28(35)32(23)25/h4-7,9-12,16-17,23,25,31H,8,13-15H2,1-3H3,(H,29,33)(H,30,34)/t17-,23-,25+/m0/s1. The minimum Gasteiger partial charge on any atom is -0.379 e. The first-order chi connectivity index (χ1) is 17.4. The molecule has 5 rings (SSSR count). The molecule has 188 valence electrons. The van der Waals surface area contributed by atoms with Gasteiger partial charge < -0.3 is 25.3 Å². The molecule has 0 radical (unpaired) electrons. The van der Waals surface area contributed by atoms with Crippen LogP contribution in [-0.4, -0.2) is 58.9 Å². The number of aromatic nitrogens is 1. The molecule has 0 fully saturated rings. The Morgan fingerprint density at radius 2 is 1.86 bits per heavy atom. The third-order valence-corrected chi connectivity index (χ3v) is 6.98. The fraction of sp³-hybridized carbons (Fsp3) is 0.393. The van der Waals surface area contributed by atoms with Gasteiger partial charge in [-0.05, 0) is 50.5 Å². The largest absolute Gasteiger partial charge is 0.379 e. The van der Waals surface area contributed by atoms with Crippen molar-refractivity contribution in [2.24, 2.45) is 0 Å². The van der Waals surface area contributed by atoms with E-state index in [1.807, 2.05) is 62.4 Å². The second-order valence-electron chi connectivity index (χ2n) is 9.78. The van der Waals surface area contributed by atoms with Crippen LogP contribution < -0.4 is 10.6 Å². The number of para-hydroxylation sites is 1. The van der Waals surface area contributed by atoms with Gasteiger partial charge in [-0.15, -0.1) is 0 Å². The minimum atomic E-state index is -0.730. The molecule has 3 aromatic rings. The molecule has 3 atom stereocenters. The summed E-state index contributed by atoms with van der Waals surface area (Å²) in [7, 11) is 0. The molecule has 0 unspecified atom stereocenters. The van der Waals surface area contributed by atoms with E-state index in [1.54, 1.807) is 11.8 Å². The molecule has 0 aliphatic carbocycles. The number of benzene rings is 2. The van der Waals surface area contributed by atoms with Crippen LogP contribution in [0.1, 0.15) is 60.4 Å². The number of hydrogen-bond donors (Lipinski definition) is 3. The molecule has 2 aliphatic rings. The number of ether oxygens (including phenoxy) is 1. The van der Waals surface area contributed by atoms with Gasteiger partial charge in [0.25, 0.3) is 5.91 Å². The number of nitrogens with zero attached hydrogens (tertiary/aromatic N) is 1. The molecule has 0 spiro atoms. The number of carbonyl (C=O) groups is 3. The Labute approximate surface area is 210 Å². The number of nitrogens with one attached hydrogen (secondary N) is 3. The highest BCUT2D eigenvalue weighted by atomic mass is 16.5. The van der Waals surface area contributed by atoms with Crippen molar-refractivity contribution in [2.75, 3.05) is 13.2 Å². The zero-order valence-corrected chi connectivity index (χ0v) is 20.8. The molecular weight excluding hydrogens is 456 g/mol. The van der Waals surface area contributed by atoms with E-state index in [2.05, 4.69) is 15.6 Å². The van der Waals surface area contributed by atoms with Gasteiger partial charge in [-0.1, -0.05) is 36.4 Å². The van der Waals surface area contributed by atoms with Gasteiger partial charge in [0.1, 0.15) is 12.1 Å². The van der Waals surface area contributed by atoms with Crippen molar-refractivity contribution >= 4 is 28.6 Å². The molecule has 8 heteroatoms. The van der Waals surface area contributed by atoms with E-state index in [0.29, 0.717) is 31.6 Å². The molecule has 3 amide bonds. The molecule has 2 aromatic carbocycles. The van der Waals surface area contributed by atoms with Crippen molar-refractivity contribution in [3.05, 3.63) is 70.9 Å². The average Bonchev–Trinajstić information content (AvgIpc) is 3.38. The summed E-state index contributed by atoms with van der Waals surface area (Å²) in [5.41, 5.74) is 4.48. The van der Waals surface area contributed by atoms with Gasteiger partial charge in [0.15, 0.2) is 0 Å². The maximum absolute atomic E-state index is 13.6. The number of hydrogen-bond acceptors (Lipinski definition) is 4. The van der Waals surface area contributed by atoms with Crippen molar-refractivity contribution in [3.8, 4) is 0 Å². The molecule has 1 aromatic heterocycles. The van der Waals surface area contributed by atoms with Crippen molar-refractivity contribution in [1.29, 1.82) is 0 Å². The lowest BCUT2D eigenvalue weighted by molar-refractivity contribution is -0.131. The van der Waals surface area contributed by atoms with E-state index in [0.717, 1.165) is 27.7 Å². The minimum absolute atomic E-state index is 0.148. The molecule has 3 N–H and O–H groups in total. The van der Waals surface area contributed by atoms with Gasteiger partial charge in [-0.2, -0.15) is 0 Å². The Bertz CT molecular complexity index is 1310. The van der Waals surface area contributed by atoms with Crippen LogP contribution in [0.5, 0.6) is 0 Å². The zero-order valence-electron chi connectivity index (χ0n) is 20.8. The molecule has 3 heterocycles. The van der Waals surface area contributed by atoms with Gasteiger partial charge in [-0.3, -0.25) is 14.4 Å². The Morgan fingerprint density at radius 1 is 1.11 bits per heavy atom. The molecule has 8 nitrogen and oxygen atoms in total. The second kappa shape index (κ2) is 9.78. The number of fused-ring (bicyclic) bond motifs is 7. The lowest BCUT2D eigenvalue weighted by atomic mass is 9.90. The van der Waals surface area contributed by atoms with E-state index in [4.69, 9.17) is 4.74 Å². The van der Waals surface area contributed by atoms with Gasteiger partial charge in [0.2, 0.25) is 11.8 Å². The van der Waals surface area contributed by atoms with Crippen LogP contribution in [0.4, 0.5) is 0 Å². The number of amides is 3. The summed E-state index contributed by atoms with van der Waals surface area (Å²) in [4.78, 5) is 44.8. The summed E-state index contributed by atoms with van der Waals surface area (Å²) < 4.78 is 5.50. The van der Waals surface area contributed by atoms with E-state index >= 15 is 0 Å². The van der Waals surface area contributed by atoms with Crippen LogP contribution in [-0.2, 0) is 20.7 Å². The SMILES string of the molecule is CC(C)OCCCNC(=O)[C@H](C)NC(=O)[C@@H]1Cc2c([nH]c3ccccc23)[C@H]2c3ccccc3C(=O)N21. The average molecular weight is 489 g/mol. The quantitative estimate of drug-likeness (QED) is 0.424. The van der Waals surface area contributed by atoms with Crippen LogP contribution >= 0.6 is 0 Å². The summed E-state index contributed by atoms with van der Waals surface area (Å²) in [6.07, 6.45) is 1.22. The first kappa shape index (κ1) is 24.1. The number of rotatable bonds is 8. The topological polar surface area (TPSA) is 104 Å². The Kier molecular flexibility index (Phi) is 6.53. The number of carbonyl (C=O) groups excluding carboxylic acids is 3. The second-order valence-corrected chi connectivity index (χ2v) is 9.78. The van der Waals surface area contributed by atoms with Crippen LogP contribution in [0.25, 0.3) is 10.9 Å². The van der Waals surface area contributed by atoms with Crippen LogP contribution in [0, 0.1) is 0 Å². The monoisotopic (exact) mass is 488 g/mol. The van der Waals surface area contributed by atoms with Gasteiger partial charge in [0, 0.05) is 41.7 Å². The summed E-state index contributed by atoms with van der Waals surface area (Å²) in [6.45, 7) is 6.63. The molecule has 0 saturated carbocycles. The van der Waals surface area contributed by atoms with Crippen molar-refractivity contribution < 1.29 is 19.1 Å². The smallest absolute Gasteiger partial charge is 0.255 e. The first-order valence-corrected chi connectivity index (χ1v) is 12.6. The zero-order chi connectivity index (χ0) is 25.4. The van der Waals surface area contributed by atoms with Gasteiger partial charge in [0.05, 0.1) is 12.1 Å². The maximum Gasteiger partial charge on any atom is 0.255 e. The highest BCUT2D eigenvalue weighted by Gasteiger charge is 2.49. The van der Waals surface area contributed by atoms with E-state index in [1.165, 1.54) is 0 Å². The predicted molar refractivity (Wildman–Crippen MR) is 137 cm³/mol. The first-order valence-electron chi connectivity index (χ1n) is 12.6. The molecule has 36 heavy (non-hydrogen) atoms. The summed E-state index contributed by atoms with van der Waals surface area (Å²) >= 11 is 0. The Hall–Kier alpha value is -3.65. The van der Waals surface area contributed by atoms with Crippen molar-refractivity contribution in [3.63, 3.8) is 0 Å². The fourth-order valence-electron chi connectivity index (χ4n) is 5.27. The van der Waals surface area contributed by atoms with E-state index in [9.17, 15) is 14.4 Å². The third-order valence-electron chi connectivity index (χ3n) is 6.98. The van der Waals surface area contributed by atoms with Crippen LogP contribution in [0.3, 0.4) is 0 Å². The van der Waals surface area contributed by atoms with Gasteiger partial charge >= 0.3 is 0 Å². The molecule has 0 bridgehead atoms. The van der Waals surface area contributed by atoms with Crippen LogP contribution in [0.15, 0.2) is 48.5 Å². The highest BCUT2D eigenvalue weighted by Crippen LogP contribution is 2.46. The van der Waals surface area contributed by atoms with Crippen molar-refractivity contribution in [2.45, 2.75) is 57.8 Å². The molecule has 0 saturated heterocycles. The third kappa shape index (κ3) is 4.26. The van der Waals surface area contributed by atoms with Crippen molar-refractivity contribution in [1.82, 2.24) is 20.5 Å². The van der Waals surface area contributed by atoms with Crippen LogP contribution in [0.2, 0.25) is 0 Å². The normalized spacial score (nSPS) is 19.1. The van der Waals surface area contributed by atoms with E-state index in [-0.39, 0.29) is 29.9 Å².